The number of allylic oxidation sites excluding steroid dienone is 3. The third-order valence-corrected chi connectivity index (χ3v) is 2.36. The van der Waals surface area contributed by atoms with Crippen LogP contribution in [0.1, 0.15) is 54.9 Å². The monoisotopic (exact) mass is 253 g/mol. The number of ether oxygens (including phenoxy) is 1. The minimum atomic E-state index is -0.280. The molecule has 0 spiro atoms. The first-order valence-electron chi connectivity index (χ1n) is 6.64. The standard InChI is InChI=1S/C15H27NO2/c1-8-9-14(10-11(2)3)18-15(17)16(12(4)5)13(6)7/h9-10,12-13H,8H2,1-7H3/b14-9-. The average Bonchev–Trinajstić information content (AvgIpc) is 2.14. The number of carbonyl (C=O) groups is 1. The Balaban J connectivity index is 4.89. The molecule has 18 heavy (non-hydrogen) atoms. The van der Waals surface area contributed by atoms with Crippen LogP contribution in [0, 0.1) is 0 Å². The molecule has 3 heteroatoms. The fourth-order valence-electron chi connectivity index (χ4n) is 1.79. The van der Waals surface area contributed by atoms with Gasteiger partial charge < -0.3 is 9.64 Å². The minimum Gasteiger partial charge on any atom is -0.411 e. The molecule has 0 aliphatic rings. The SMILES string of the molecule is CC/C=C(/C=C(C)C)OC(=O)N(C(C)C)C(C)C. The highest BCUT2D eigenvalue weighted by molar-refractivity contribution is 5.70. The second kappa shape index (κ2) is 7.96. The Kier molecular flexibility index (Phi) is 7.41. The highest BCUT2D eigenvalue weighted by atomic mass is 16.6. The summed E-state index contributed by atoms with van der Waals surface area (Å²) in [6, 6.07) is 0.263. The van der Waals surface area contributed by atoms with Gasteiger partial charge in [0.15, 0.2) is 0 Å². The number of rotatable bonds is 5. The maximum atomic E-state index is 12.1. The van der Waals surface area contributed by atoms with Crippen molar-refractivity contribution in [2.45, 2.75) is 67.0 Å². The van der Waals surface area contributed by atoms with E-state index in [9.17, 15) is 4.79 Å². The van der Waals surface area contributed by atoms with Crippen LogP contribution < -0.4 is 0 Å². The van der Waals surface area contributed by atoms with Gasteiger partial charge >= 0.3 is 6.09 Å². The number of hydrogen-bond acceptors (Lipinski definition) is 2. The van der Waals surface area contributed by atoms with Gasteiger partial charge in [-0.1, -0.05) is 12.5 Å². The van der Waals surface area contributed by atoms with E-state index < -0.39 is 0 Å². The average molecular weight is 253 g/mol. The van der Waals surface area contributed by atoms with Gasteiger partial charge in [-0.15, -0.1) is 0 Å². The van der Waals surface area contributed by atoms with E-state index in [2.05, 4.69) is 0 Å². The fourth-order valence-corrected chi connectivity index (χ4v) is 1.79. The Morgan fingerprint density at radius 2 is 1.67 bits per heavy atom. The molecular weight excluding hydrogens is 226 g/mol. The summed E-state index contributed by atoms with van der Waals surface area (Å²) in [6.07, 6.45) is 4.37. The van der Waals surface area contributed by atoms with Crippen molar-refractivity contribution in [3.05, 3.63) is 23.5 Å². The summed E-state index contributed by atoms with van der Waals surface area (Å²) in [6.45, 7) is 14.0. The van der Waals surface area contributed by atoms with E-state index in [0.29, 0.717) is 5.76 Å². The zero-order chi connectivity index (χ0) is 14.3. The molecule has 0 aliphatic heterocycles. The van der Waals surface area contributed by atoms with Crippen molar-refractivity contribution in [1.82, 2.24) is 4.90 Å². The van der Waals surface area contributed by atoms with Crippen LogP contribution in [0.4, 0.5) is 4.79 Å². The van der Waals surface area contributed by atoms with Crippen LogP contribution in [-0.2, 0) is 4.74 Å². The van der Waals surface area contributed by atoms with Gasteiger partial charge in [-0.2, -0.15) is 0 Å². The van der Waals surface area contributed by atoms with Crippen molar-refractivity contribution in [2.24, 2.45) is 0 Å². The molecule has 0 unspecified atom stereocenters. The maximum Gasteiger partial charge on any atom is 0.415 e. The molecule has 3 nitrogen and oxygen atoms in total. The summed E-state index contributed by atoms with van der Waals surface area (Å²) < 4.78 is 5.46. The summed E-state index contributed by atoms with van der Waals surface area (Å²) in [5, 5.41) is 0. The Morgan fingerprint density at radius 3 is 2.00 bits per heavy atom. The van der Waals surface area contributed by atoms with Crippen LogP contribution in [0.2, 0.25) is 0 Å². The van der Waals surface area contributed by atoms with Gasteiger partial charge in [-0.3, -0.25) is 0 Å². The third-order valence-electron chi connectivity index (χ3n) is 2.36. The van der Waals surface area contributed by atoms with Crippen molar-refractivity contribution >= 4 is 6.09 Å². The van der Waals surface area contributed by atoms with E-state index in [1.54, 1.807) is 4.90 Å². The van der Waals surface area contributed by atoms with E-state index in [-0.39, 0.29) is 18.2 Å². The number of amides is 1. The van der Waals surface area contributed by atoms with E-state index in [1.165, 1.54) is 0 Å². The smallest absolute Gasteiger partial charge is 0.411 e. The lowest BCUT2D eigenvalue weighted by molar-refractivity contribution is 0.104. The summed E-state index contributed by atoms with van der Waals surface area (Å²) in [4.78, 5) is 13.9. The Morgan fingerprint density at radius 1 is 1.17 bits per heavy atom. The van der Waals surface area contributed by atoms with Crippen LogP contribution >= 0.6 is 0 Å². The lowest BCUT2D eigenvalue weighted by Gasteiger charge is -2.29. The second-order valence-corrected chi connectivity index (χ2v) is 5.20. The Hall–Kier alpha value is -1.25. The molecule has 0 atom stereocenters. The zero-order valence-electron chi connectivity index (χ0n) is 12.8. The topological polar surface area (TPSA) is 29.5 Å². The zero-order valence-corrected chi connectivity index (χ0v) is 12.8. The highest BCUT2D eigenvalue weighted by Crippen LogP contribution is 2.13. The molecule has 0 saturated heterocycles. The highest BCUT2D eigenvalue weighted by Gasteiger charge is 2.22. The maximum absolute atomic E-state index is 12.1. The van der Waals surface area contributed by atoms with E-state index in [1.807, 2.05) is 60.6 Å². The summed E-state index contributed by atoms with van der Waals surface area (Å²) in [7, 11) is 0. The van der Waals surface area contributed by atoms with Gasteiger partial charge in [0, 0.05) is 12.1 Å². The molecule has 0 saturated carbocycles. The van der Waals surface area contributed by atoms with Crippen LogP contribution in [0.15, 0.2) is 23.5 Å². The first kappa shape index (κ1) is 16.8. The minimum absolute atomic E-state index is 0.132. The van der Waals surface area contributed by atoms with Gasteiger partial charge in [0.1, 0.15) is 5.76 Å². The molecular formula is C15H27NO2. The molecule has 0 heterocycles. The molecule has 0 aromatic carbocycles. The van der Waals surface area contributed by atoms with E-state index in [4.69, 9.17) is 4.74 Å². The molecule has 0 radical (unpaired) electrons. The van der Waals surface area contributed by atoms with Gasteiger partial charge in [-0.05, 0) is 60.1 Å². The van der Waals surface area contributed by atoms with Crippen molar-refractivity contribution in [1.29, 1.82) is 0 Å². The second-order valence-electron chi connectivity index (χ2n) is 5.20. The molecule has 0 rings (SSSR count). The van der Waals surface area contributed by atoms with Crippen LogP contribution in [0.5, 0.6) is 0 Å². The molecule has 0 aliphatic carbocycles. The Labute approximate surface area is 112 Å². The molecule has 0 aromatic heterocycles. The number of nitrogens with zero attached hydrogens (tertiary/aromatic N) is 1. The first-order valence-corrected chi connectivity index (χ1v) is 6.64. The van der Waals surface area contributed by atoms with E-state index >= 15 is 0 Å². The first-order chi connectivity index (χ1) is 8.29. The van der Waals surface area contributed by atoms with Crippen LogP contribution in [0.25, 0.3) is 0 Å². The van der Waals surface area contributed by atoms with Crippen molar-refractivity contribution in [2.75, 3.05) is 0 Å². The predicted octanol–water partition coefficient (Wildman–Crippen LogP) is 4.50. The molecule has 104 valence electrons. The lowest BCUT2D eigenvalue weighted by Crippen LogP contribution is -2.42. The molecule has 0 N–H and O–H groups in total. The van der Waals surface area contributed by atoms with Crippen molar-refractivity contribution in [3.63, 3.8) is 0 Å². The predicted molar refractivity (Wildman–Crippen MR) is 76.4 cm³/mol. The van der Waals surface area contributed by atoms with Crippen molar-refractivity contribution in [3.8, 4) is 0 Å². The lowest BCUT2D eigenvalue weighted by atomic mass is 10.2. The summed E-state index contributed by atoms with van der Waals surface area (Å²) >= 11 is 0. The normalized spacial score (nSPS) is 11.7. The quantitative estimate of drug-likeness (QED) is 0.533. The molecule has 0 aromatic rings. The molecule has 0 fully saturated rings. The van der Waals surface area contributed by atoms with Crippen molar-refractivity contribution < 1.29 is 9.53 Å². The third kappa shape index (κ3) is 5.89. The van der Waals surface area contributed by atoms with E-state index in [0.717, 1.165) is 12.0 Å². The molecule has 0 bridgehead atoms. The fraction of sp³-hybridized carbons (Fsp3) is 0.667. The van der Waals surface area contributed by atoms with Crippen LogP contribution in [-0.4, -0.2) is 23.1 Å². The summed E-state index contributed by atoms with van der Waals surface area (Å²) in [5.74, 6) is 0.633. The Bertz CT molecular complexity index is 315. The van der Waals surface area contributed by atoms with Gasteiger partial charge in [0.05, 0.1) is 0 Å². The number of hydrogen-bond donors (Lipinski definition) is 0. The number of carbonyl (C=O) groups excluding carboxylic acids is 1. The van der Waals surface area contributed by atoms with Crippen LogP contribution in [0.3, 0.4) is 0 Å². The van der Waals surface area contributed by atoms with Gasteiger partial charge in [0.25, 0.3) is 0 Å². The largest absolute Gasteiger partial charge is 0.415 e. The molecule has 1 amide bonds. The van der Waals surface area contributed by atoms with Gasteiger partial charge in [0.2, 0.25) is 0 Å². The summed E-state index contributed by atoms with van der Waals surface area (Å²) in [5.41, 5.74) is 1.11. The van der Waals surface area contributed by atoms with Gasteiger partial charge in [-0.25, -0.2) is 4.79 Å².